The number of carbonyl (C=O) groups is 1. The van der Waals surface area contributed by atoms with E-state index in [0.29, 0.717) is 12.2 Å². The fourth-order valence-electron chi connectivity index (χ4n) is 2.63. The molecule has 102 valence electrons. The van der Waals surface area contributed by atoms with Crippen LogP contribution in [0.4, 0.5) is 5.69 Å². The number of amides is 1. The lowest BCUT2D eigenvalue weighted by molar-refractivity contribution is -0.118. The Morgan fingerprint density at radius 3 is 2.90 bits per heavy atom. The fourth-order valence-corrected chi connectivity index (χ4v) is 2.63. The molecule has 0 radical (unpaired) electrons. The van der Waals surface area contributed by atoms with Gasteiger partial charge in [0.2, 0.25) is 5.91 Å². The van der Waals surface area contributed by atoms with E-state index in [1.54, 1.807) is 24.4 Å². The number of rotatable bonds is 2. The number of benzene rings is 1. The number of hydrogen-bond donors (Lipinski definition) is 0. The van der Waals surface area contributed by atoms with Crippen LogP contribution >= 0.6 is 0 Å². The molecule has 0 fully saturated rings. The fraction of sp³-hybridized carbons (Fsp3) is 0.250. The molecule has 0 atom stereocenters. The van der Waals surface area contributed by atoms with Crippen LogP contribution in [0.3, 0.4) is 0 Å². The molecule has 1 amide bonds. The summed E-state index contributed by atoms with van der Waals surface area (Å²) in [4.78, 5) is 17.9. The number of nitrogens with zero attached hydrogens (tertiary/aromatic N) is 2. The van der Waals surface area contributed by atoms with Gasteiger partial charge in [-0.3, -0.25) is 9.78 Å². The summed E-state index contributed by atoms with van der Waals surface area (Å²) in [6.45, 7) is 0. The van der Waals surface area contributed by atoms with Gasteiger partial charge in [-0.05, 0) is 18.1 Å². The van der Waals surface area contributed by atoms with Gasteiger partial charge in [-0.25, -0.2) is 0 Å². The van der Waals surface area contributed by atoms with Crippen LogP contribution in [0.2, 0.25) is 0 Å². The molecule has 4 heteroatoms. The van der Waals surface area contributed by atoms with E-state index in [4.69, 9.17) is 4.74 Å². The van der Waals surface area contributed by atoms with Gasteiger partial charge in [0.05, 0.1) is 19.0 Å². The minimum absolute atomic E-state index is 0.154. The normalized spacial score (nSPS) is 14.1. The van der Waals surface area contributed by atoms with Crippen LogP contribution in [0.5, 0.6) is 5.75 Å². The number of para-hydroxylation sites is 1. The van der Waals surface area contributed by atoms with E-state index in [-0.39, 0.29) is 5.91 Å². The molecule has 1 aliphatic rings. The molecule has 0 bridgehead atoms. The lowest BCUT2D eigenvalue weighted by Crippen LogP contribution is -2.31. The van der Waals surface area contributed by atoms with E-state index in [1.165, 1.54) is 5.56 Å². The Morgan fingerprint density at radius 1 is 1.25 bits per heavy atom. The second-order valence-corrected chi connectivity index (χ2v) is 4.88. The van der Waals surface area contributed by atoms with Crippen LogP contribution in [0.1, 0.15) is 12.0 Å². The molecular weight excluding hydrogens is 252 g/mol. The third kappa shape index (κ3) is 2.03. The van der Waals surface area contributed by atoms with Gasteiger partial charge < -0.3 is 9.64 Å². The van der Waals surface area contributed by atoms with Crippen LogP contribution < -0.4 is 9.64 Å². The molecule has 0 saturated heterocycles. The monoisotopic (exact) mass is 268 g/mol. The topological polar surface area (TPSA) is 42.4 Å². The molecule has 0 saturated carbocycles. The van der Waals surface area contributed by atoms with Crippen LogP contribution in [-0.2, 0) is 11.2 Å². The lowest BCUT2D eigenvalue weighted by atomic mass is 9.94. The molecule has 1 aromatic carbocycles. The first-order valence-electron chi connectivity index (χ1n) is 6.58. The predicted octanol–water partition coefficient (Wildman–Crippen LogP) is 2.67. The SMILES string of the molecule is COc1cncc(-c2cccc3c2N(C)C(=O)CC3)c1. The highest BCUT2D eigenvalue weighted by molar-refractivity contribution is 6.00. The Balaban J connectivity index is 2.17. The molecule has 0 N–H and O–H groups in total. The Morgan fingerprint density at radius 2 is 2.10 bits per heavy atom. The standard InChI is InChI=1S/C16H16N2O2/c1-18-15(19)7-6-11-4-3-5-14(16(11)18)12-8-13(20-2)10-17-9-12/h3-5,8-10H,6-7H2,1-2H3. The molecule has 4 nitrogen and oxygen atoms in total. The van der Waals surface area contributed by atoms with E-state index < -0.39 is 0 Å². The molecule has 3 rings (SSSR count). The van der Waals surface area contributed by atoms with E-state index >= 15 is 0 Å². The highest BCUT2D eigenvalue weighted by atomic mass is 16.5. The van der Waals surface area contributed by atoms with E-state index in [9.17, 15) is 4.79 Å². The smallest absolute Gasteiger partial charge is 0.227 e. The number of aryl methyl sites for hydroxylation is 1. The molecule has 20 heavy (non-hydrogen) atoms. The minimum Gasteiger partial charge on any atom is -0.495 e. The maximum atomic E-state index is 11.9. The van der Waals surface area contributed by atoms with Gasteiger partial charge in [0.25, 0.3) is 0 Å². The summed E-state index contributed by atoms with van der Waals surface area (Å²) in [5.74, 6) is 0.866. The number of anilines is 1. The minimum atomic E-state index is 0.154. The molecule has 2 aromatic rings. The zero-order valence-corrected chi connectivity index (χ0v) is 11.6. The largest absolute Gasteiger partial charge is 0.495 e. The van der Waals surface area contributed by atoms with Crippen molar-refractivity contribution >= 4 is 11.6 Å². The van der Waals surface area contributed by atoms with E-state index in [0.717, 1.165) is 23.2 Å². The lowest BCUT2D eigenvalue weighted by Gasteiger charge is -2.28. The quantitative estimate of drug-likeness (QED) is 0.841. The first-order chi connectivity index (χ1) is 9.70. The van der Waals surface area contributed by atoms with Crippen LogP contribution in [-0.4, -0.2) is 25.0 Å². The maximum absolute atomic E-state index is 11.9. The summed E-state index contributed by atoms with van der Waals surface area (Å²) in [5.41, 5.74) is 4.17. The number of ether oxygens (including phenoxy) is 1. The van der Waals surface area contributed by atoms with Gasteiger partial charge >= 0.3 is 0 Å². The Kier molecular flexibility index (Phi) is 3.14. The summed E-state index contributed by atoms with van der Waals surface area (Å²) in [7, 11) is 3.45. The highest BCUT2D eigenvalue weighted by Gasteiger charge is 2.24. The molecule has 1 aliphatic heterocycles. The van der Waals surface area contributed by atoms with Gasteiger partial charge in [0.1, 0.15) is 5.75 Å². The Bertz CT molecular complexity index is 667. The van der Waals surface area contributed by atoms with Crippen molar-refractivity contribution in [1.82, 2.24) is 4.98 Å². The van der Waals surface area contributed by atoms with Crippen LogP contribution in [0.25, 0.3) is 11.1 Å². The number of pyridine rings is 1. The first kappa shape index (κ1) is 12.7. The highest BCUT2D eigenvalue weighted by Crippen LogP contribution is 2.37. The van der Waals surface area contributed by atoms with Crippen molar-refractivity contribution in [2.45, 2.75) is 12.8 Å². The van der Waals surface area contributed by atoms with Crippen molar-refractivity contribution in [3.63, 3.8) is 0 Å². The van der Waals surface area contributed by atoms with Crippen molar-refractivity contribution < 1.29 is 9.53 Å². The van der Waals surface area contributed by atoms with E-state index in [2.05, 4.69) is 11.1 Å². The maximum Gasteiger partial charge on any atom is 0.227 e. The average Bonchev–Trinajstić information content (AvgIpc) is 2.50. The van der Waals surface area contributed by atoms with Crippen molar-refractivity contribution in [1.29, 1.82) is 0 Å². The average molecular weight is 268 g/mol. The molecule has 2 heterocycles. The third-order valence-corrected chi connectivity index (χ3v) is 3.70. The van der Waals surface area contributed by atoms with Crippen molar-refractivity contribution in [3.8, 4) is 16.9 Å². The van der Waals surface area contributed by atoms with E-state index in [1.807, 2.05) is 25.2 Å². The van der Waals surface area contributed by atoms with Crippen molar-refractivity contribution in [3.05, 3.63) is 42.2 Å². The Hall–Kier alpha value is -2.36. The number of methoxy groups -OCH3 is 1. The molecule has 1 aromatic heterocycles. The molecule has 0 aliphatic carbocycles. The summed E-state index contributed by atoms with van der Waals surface area (Å²) in [6.07, 6.45) is 4.84. The zero-order chi connectivity index (χ0) is 14.1. The second kappa shape index (κ2) is 4.96. The number of hydrogen-bond acceptors (Lipinski definition) is 3. The molecule has 0 unspecified atom stereocenters. The number of fused-ring (bicyclic) bond motifs is 1. The van der Waals surface area contributed by atoms with Crippen molar-refractivity contribution in [2.75, 3.05) is 19.1 Å². The first-order valence-corrected chi connectivity index (χ1v) is 6.58. The van der Waals surface area contributed by atoms with Gasteiger partial charge in [-0.1, -0.05) is 18.2 Å². The zero-order valence-electron chi connectivity index (χ0n) is 11.6. The van der Waals surface area contributed by atoms with Crippen LogP contribution in [0, 0.1) is 0 Å². The van der Waals surface area contributed by atoms with Gasteiger partial charge in [-0.2, -0.15) is 0 Å². The van der Waals surface area contributed by atoms with Crippen LogP contribution in [0.15, 0.2) is 36.7 Å². The van der Waals surface area contributed by atoms with Gasteiger partial charge in [0, 0.05) is 30.8 Å². The summed E-state index contributed by atoms with van der Waals surface area (Å²) >= 11 is 0. The summed E-state index contributed by atoms with van der Waals surface area (Å²) < 4.78 is 5.23. The molecular formula is C16H16N2O2. The number of aromatic nitrogens is 1. The van der Waals surface area contributed by atoms with Gasteiger partial charge in [-0.15, -0.1) is 0 Å². The molecule has 0 spiro atoms. The van der Waals surface area contributed by atoms with Crippen molar-refractivity contribution in [2.24, 2.45) is 0 Å². The third-order valence-electron chi connectivity index (χ3n) is 3.70. The summed E-state index contributed by atoms with van der Waals surface area (Å²) in [6, 6.07) is 8.06. The Labute approximate surface area is 118 Å². The second-order valence-electron chi connectivity index (χ2n) is 4.88. The number of carbonyl (C=O) groups excluding carboxylic acids is 1. The predicted molar refractivity (Wildman–Crippen MR) is 78.0 cm³/mol. The van der Waals surface area contributed by atoms with Gasteiger partial charge in [0.15, 0.2) is 0 Å². The summed E-state index contributed by atoms with van der Waals surface area (Å²) in [5, 5.41) is 0.